The first-order valence-electron chi connectivity index (χ1n) is 15.4. The minimum absolute atomic E-state index is 0.241. The smallest absolute Gasteiger partial charge is 0.265 e. The Labute approximate surface area is 280 Å². The number of anilines is 1. The van der Waals surface area contributed by atoms with Crippen LogP contribution in [0.5, 0.6) is 5.75 Å². The summed E-state index contributed by atoms with van der Waals surface area (Å²) in [5.41, 5.74) is 6.67. The van der Waals surface area contributed by atoms with Crippen molar-refractivity contribution in [2.75, 3.05) is 29.6 Å². The molecule has 1 aliphatic heterocycles. The molecular formula is C33H40N2O7S4. The van der Waals surface area contributed by atoms with E-state index in [2.05, 4.69) is 53.7 Å². The zero-order chi connectivity index (χ0) is 33.2. The molecule has 13 heteroatoms. The number of aryl methyl sites for hydroxylation is 2. The van der Waals surface area contributed by atoms with E-state index in [-0.39, 0.29) is 18.6 Å². The molecule has 2 aromatic carbocycles. The molecule has 1 atom stereocenters. The number of fused-ring (bicyclic) bond motifs is 2. The van der Waals surface area contributed by atoms with Crippen molar-refractivity contribution in [3.05, 3.63) is 74.8 Å². The molecular weight excluding hydrogens is 665 g/mol. The zero-order valence-corrected chi connectivity index (χ0v) is 29.8. The highest BCUT2D eigenvalue weighted by atomic mass is 32.2. The predicted molar refractivity (Wildman–Crippen MR) is 185 cm³/mol. The van der Waals surface area contributed by atoms with Gasteiger partial charge in [0, 0.05) is 29.7 Å². The van der Waals surface area contributed by atoms with Gasteiger partial charge in [-0.1, -0.05) is 36.1 Å². The first kappa shape index (κ1) is 34.6. The molecule has 0 saturated carbocycles. The van der Waals surface area contributed by atoms with Crippen LogP contribution in [0.2, 0.25) is 0 Å². The number of nitrogens with zero attached hydrogens (tertiary/aromatic N) is 2. The van der Waals surface area contributed by atoms with Crippen molar-refractivity contribution in [3.8, 4) is 5.75 Å². The van der Waals surface area contributed by atoms with Crippen molar-refractivity contribution in [2.45, 2.75) is 64.8 Å². The van der Waals surface area contributed by atoms with Crippen LogP contribution in [0.1, 0.15) is 57.0 Å². The highest BCUT2D eigenvalue weighted by molar-refractivity contribution is 8.03. The average molecular weight is 705 g/mol. The van der Waals surface area contributed by atoms with E-state index in [4.69, 9.17) is 4.74 Å². The van der Waals surface area contributed by atoms with Crippen molar-refractivity contribution in [1.82, 2.24) is 0 Å². The first-order chi connectivity index (χ1) is 21.7. The van der Waals surface area contributed by atoms with Crippen LogP contribution < -0.4 is 14.2 Å². The van der Waals surface area contributed by atoms with Crippen molar-refractivity contribution in [3.63, 3.8) is 0 Å². The molecule has 248 valence electrons. The van der Waals surface area contributed by atoms with Crippen molar-refractivity contribution in [2.24, 2.45) is 5.92 Å². The van der Waals surface area contributed by atoms with Gasteiger partial charge >= 0.3 is 0 Å². The Balaban J connectivity index is 1.53. The maximum atomic E-state index is 11.5. The minimum atomic E-state index is -4.30. The van der Waals surface area contributed by atoms with Crippen LogP contribution in [0.4, 0.5) is 5.69 Å². The lowest BCUT2D eigenvalue weighted by molar-refractivity contribution is -0.668. The van der Waals surface area contributed by atoms with Gasteiger partial charge in [0.1, 0.15) is 10.4 Å². The molecule has 0 spiro atoms. The van der Waals surface area contributed by atoms with E-state index in [1.807, 2.05) is 32.0 Å². The summed E-state index contributed by atoms with van der Waals surface area (Å²) in [6, 6.07) is 12.2. The summed E-state index contributed by atoms with van der Waals surface area (Å²) < 4.78 is 75.3. The fraction of sp³-hybridized carbons (Fsp3) is 0.424. The number of ether oxygens (including phenoxy) is 1. The molecule has 0 saturated heterocycles. The Hall–Kier alpha value is -2.68. The Bertz CT molecular complexity index is 1940. The van der Waals surface area contributed by atoms with E-state index in [0.717, 1.165) is 55.0 Å². The van der Waals surface area contributed by atoms with Crippen molar-refractivity contribution < 1.29 is 35.2 Å². The number of hydrogen-bond acceptors (Lipinski definition) is 9. The third-order valence-corrected chi connectivity index (χ3v) is 12.0. The second kappa shape index (κ2) is 14.2. The molecule has 1 aliphatic carbocycles. The van der Waals surface area contributed by atoms with Crippen LogP contribution in [0.15, 0.2) is 69.1 Å². The molecule has 2 heterocycles. The molecule has 2 aliphatic rings. The van der Waals surface area contributed by atoms with Gasteiger partial charge in [0.2, 0.25) is 5.52 Å². The van der Waals surface area contributed by atoms with Crippen LogP contribution >= 0.6 is 23.1 Å². The first-order valence-corrected chi connectivity index (χ1v) is 20.2. The van der Waals surface area contributed by atoms with E-state index in [1.165, 1.54) is 16.7 Å². The van der Waals surface area contributed by atoms with E-state index in [1.54, 1.807) is 23.1 Å². The largest absolute Gasteiger partial charge is 0.748 e. The summed E-state index contributed by atoms with van der Waals surface area (Å²) in [6.07, 6.45) is 6.71. The second-order valence-electron chi connectivity index (χ2n) is 12.0. The molecule has 46 heavy (non-hydrogen) atoms. The Kier molecular flexibility index (Phi) is 10.7. The van der Waals surface area contributed by atoms with Crippen molar-refractivity contribution >= 4 is 65.3 Å². The minimum Gasteiger partial charge on any atom is -0.748 e. The van der Waals surface area contributed by atoms with Crippen LogP contribution in [0.3, 0.4) is 0 Å². The van der Waals surface area contributed by atoms with Gasteiger partial charge in [0.15, 0.2) is 6.54 Å². The monoisotopic (exact) mass is 704 g/mol. The van der Waals surface area contributed by atoms with Gasteiger partial charge < -0.3 is 14.2 Å². The van der Waals surface area contributed by atoms with Gasteiger partial charge in [-0.3, -0.25) is 4.55 Å². The lowest BCUT2D eigenvalue weighted by Crippen LogP contribution is -2.36. The number of rotatable bonds is 12. The van der Waals surface area contributed by atoms with Gasteiger partial charge in [-0.2, -0.15) is 13.0 Å². The normalized spacial score (nSPS) is 19.1. The lowest BCUT2D eigenvalue weighted by atomic mass is 9.81. The summed E-state index contributed by atoms with van der Waals surface area (Å²) in [5, 5.41) is 2.00. The van der Waals surface area contributed by atoms with Crippen molar-refractivity contribution in [1.29, 1.82) is 0 Å². The van der Waals surface area contributed by atoms with Crippen LogP contribution in [-0.4, -0.2) is 50.6 Å². The molecule has 1 aromatic heterocycles. The molecule has 0 radical (unpaired) electrons. The molecule has 3 aromatic rings. The number of thioether (sulfide) groups is 1. The summed E-state index contributed by atoms with van der Waals surface area (Å²) in [4.78, 5) is 3.23. The summed E-state index contributed by atoms with van der Waals surface area (Å²) in [5.74, 6) is 0.404. The van der Waals surface area contributed by atoms with Gasteiger partial charge in [0.25, 0.3) is 15.1 Å². The van der Waals surface area contributed by atoms with E-state index in [9.17, 15) is 25.9 Å². The maximum Gasteiger partial charge on any atom is 0.265 e. The highest BCUT2D eigenvalue weighted by Gasteiger charge is 2.28. The fourth-order valence-electron chi connectivity index (χ4n) is 6.00. The molecule has 0 bridgehead atoms. The predicted octanol–water partition coefficient (Wildman–Crippen LogP) is 6.69. The summed E-state index contributed by atoms with van der Waals surface area (Å²) in [6.45, 7) is 9.71. The number of aromatic nitrogens is 1. The summed E-state index contributed by atoms with van der Waals surface area (Å²) in [7, 11) is -8.38. The van der Waals surface area contributed by atoms with E-state index in [0.29, 0.717) is 25.6 Å². The van der Waals surface area contributed by atoms with Gasteiger partial charge in [0.05, 0.1) is 39.3 Å². The average Bonchev–Trinajstić information content (AvgIpc) is 3.46. The quantitative estimate of drug-likeness (QED) is 0.162. The third kappa shape index (κ3) is 8.61. The SMILES string of the molecule is CCOc1ccc2sc(C=C3CC(C)CC(C=C4Sc5ccc(C)cc5N4CCCS(=O)(=O)[O-])=C3C)[n+](CCCS(=O)(=O)O)c2c1. The molecule has 0 amide bonds. The number of allylic oxidation sites excluding steroid dienone is 4. The molecule has 0 fully saturated rings. The lowest BCUT2D eigenvalue weighted by Gasteiger charge is -2.26. The van der Waals surface area contributed by atoms with E-state index >= 15 is 0 Å². The van der Waals surface area contributed by atoms with Crippen LogP contribution in [-0.2, 0) is 26.8 Å². The fourth-order valence-corrected chi connectivity index (χ4v) is 9.25. The molecule has 1 unspecified atom stereocenters. The van der Waals surface area contributed by atoms with Gasteiger partial charge in [-0.25, -0.2) is 8.42 Å². The summed E-state index contributed by atoms with van der Waals surface area (Å²) >= 11 is 3.30. The Morgan fingerprint density at radius 1 is 1.07 bits per heavy atom. The van der Waals surface area contributed by atoms with Gasteiger partial charge in [-0.15, -0.1) is 0 Å². The zero-order valence-electron chi connectivity index (χ0n) is 26.5. The molecule has 5 rings (SSSR count). The maximum absolute atomic E-state index is 11.5. The number of thiazole rings is 1. The topological polar surface area (TPSA) is 128 Å². The third-order valence-electron chi connectivity index (χ3n) is 8.15. The van der Waals surface area contributed by atoms with E-state index < -0.39 is 26.0 Å². The Morgan fingerprint density at radius 3 is 2.57 bits per heavy atom. The standard InChI is InChI=1S/C33H40N2O7S4/c1-5-42-27-9-11-31-29(21-27)35(13-7-15-46(39,40)41)33(44-31)20-26-17-23(3)16-25(24(26)4)19-32-34(12-6-14-45(36,37)38)28-18-22(2)8-10-30(28)43-32/h8-11,18-21,23H,5-7,12-17H2,1-4H3,(H-,36,37,38,39,40,41). The second-order valence-corrected chi connectivity index (χ2v) is 17.2. The van der Waals surface area contributed by atoms with Crippen LogP contribution in [0.25, 0.3) is 16.3 Å². The molecule has 9 nitrogen and oxygen atoms in total. The number of benzene rings is 2. The number of hydrogen-bond donors (Lipinski definition) is 1. The van der Waals surface area contributed by atoms with Gasteiger partial charge in [-0.05, 0) is 98.6 Å². The highest BCUT2D eigenvalue weighted by Crippen LogP contribution is 2.48. The Morgan fingerprint density at radius 2 is 1.85 bits per heavy atom. The van der Waals surface area contributed by atoms with Crippen LogP contribution in [0, 0.1) is 12.8 Å². The molecule has 1 N–H and O–H groups in total.